The Morgan fingerprint density at radius 2 is 2.05 bits per heavy atom. The second-order valence-electron chi connectivity index (χ2n) is 5.49. The third-order valence-electron chi connectivity index (χ3n) is 3.78. The Kier molecular flexibility index (Phi) is 4.67. The van der Waals surface area contributed by atoms with Crippen molar-refractivity contribution in [2.24, 2.45) is 5.92 Å². The number of carboxylic acid groups (broad SMARTS) is 1. The lowest BCUT2D eigenvalue weighted by Gasteiger charge is -2.21. The first-order valence-corrected chi connectivity index (χ1v) is 7.09. The number of amides is 2. The number of phenols is 1. The number of nitrogens with one attached hydrogen (secondary N) is 1. The largest absolute Gasteiger partial charge is 0.507 e. The predicted molar refractivity (Wildman–Crippen MR) is 78.7 cm³/mol. The van der Waals surface area contributed by atoms with Gasteiger partial charge >= 0.3 is 12.0 Å². The maximum absolute atomic E-state index is 12.2. The number of aromatic carboxylic acids is 1. The first-order chi connectivity index (χ1) is 9.97. The Bertz CT molecular complexity index is 544. The van der Waals surface area contributed by atoms with Crippen molar-refractivity contribution in [2.75, 3.05) is 18.4 Å². The molecular weight excluding hydrogens is 272 g/mol. The van der Waals surface area contributed by atoms with Gasteiger partial charge in [0.05, 0.1) is 0 Å². The molecule has 0 bridgehead atoms. The molecule has 6 nitrogen and oxygen atoms in total. The lowest BCUT2D eigenvalue weighted by atomic mass is 10.0. The maximum Gasteiger partial charge on any atom is 0.339 e. The average Bonchev–Trinajstić information content (AvgIpc) is 2.65. The summed E-state index contributed by atoms with van der Waals surface area (Å²) in [6, 6.07) is 3.78. The van der Waals surface area contributed by atoms with Crippen LogP contribution in [0.25, 0.3) is 0 Å². The zero-order chi connectivity index (χ0) is 15.4. The SMILES string of the molecule is CC1CCCN(C(=O)Nc2ccc(O)c(C(=O)O)c2)CC1. The molecule has 1 aliphatic heterocycles. The quantitative estimate of drug-likeness (QED) is 0.731. The molecule has 1 aromatic rings. The van der Waals surface area contributed by atoms with E-state index in [4.69, 9.17) is 5.11 Å². The fourth-order valence-corrected chi connectivity index (χ4v) is 2.45. The summed E-state index contributed by atoms with van der Waals surface area (Å²) < 4.78 is 0. The Morgan fingerprint density at radius 1 is 1.29 bits per heavy atom. The molecule has 6 heteroatoms. The van der Waals surface area contributed by atoms with Gasteiger partial charge in [0.2, 0.25) is 0 Å². The number of aromatic hydroxyl groups is 1. The molecule has 1 atom stereocenters. The fraction of sp³-hybridized carbons (Fsp3) is 0.467. The summed E-state index contributed by atoms with van der Waals surface area (Å²) in [5.74, 6) is -0.925. The second kappa shape index (κ2) is 6.47. The summed E-state index contributed by atoms with van der Waals surface area (Å²) in [5.41, 5.74) is 0.143. The molecule has 1 aliphatic rings. The number of carbonyl (C=O) groups excluding carboxylic acids is 1. The summed E-state index contributed by atoms with van der Waals surface area (Å²) in [6.45, 7) is 3.59. The fourth-order valence-electron chi connectivity index (χ4n) is 2.45. The molecule has 2 amide bonds. The van der Waals surface area contributed by atoms with E-state index in [1.165, 1.54) is 18.2 Å². The highest BCUT2D eigenvalue weighted by molar-refractivity contribution is 5.95. The van der Waals surface area contributed by atoms with E-state index in [1.54, 1.807) is 4.90 Å². The number of rotatable bonds is 2. The summed E-state index contributed by atoms with van der Waals surface area (Å²) in [5, 5.41) is 21.1. The lowest BCUT2D eigenvalue weighted by Crippen LogP contribution is -2.35. The van der Waals surface area contributed by atoms with Crippen LogP contribution >= 0.6 is 0 Å². The number of benzene rings is 1. The molecule has 114 valence electrons. The van der Waals surface area contributed by atoms with E-state index in [1.807, 2.05) is 0 Å². The van der Waals surface area contributed by atoms with Gasteiger partial charge < -0.3 is 20.4 Å². The van der Waals surface area contributed by atoms with Crippen LogP contribution in [0.2, 0.25) is 0 Å². The van der Waals surface area contributed by atoms with Crippen LogP contribution in [-0.2, 0) is 0 Å². The molecule has 1 saturated heterocycles. The highest BCUT2D eigenvalue weighted by Gasteiger charge is 2.19. The Morgan fingerprint density at radius 3 is 2.76 bits per heavy atom. The number of anilines is 1. The molecule has 1 unspecified atom stereocenters. The maximum atomic E-state index is 12.2. The van der Waals surface area contributed by atoms with Crippen LogP contribution in [0, 0.1) is 5.92 Å². The number of hydrogen-bond donors (Lipinski definition) is 3. The minimum atomic E-state index is -1.23. The molecule has 1 aromatic carbocycles. The number of carbonyl (C=O) groups is 2. The molecule has 2 rings (SSSR count). The van der Waals surface area contributed by atoms with E-state index >= 15 is 0 Å². The first-order valence-electron chi connectivity index (χ1n) is 7.09. The molecule has 0 aliphatic carbocycles. The van der Waals surface area contributed by atoms with Gasteiger partial charge in [-0.3, -0.25) is 0 Å². The molecule has 0 radical (unpaired) electrons. The molecule has 0 aromatic heterocycles. The average molecular weight is 292 g/mol. The van der Waals surface area contributed by atoms with Crippen molar-refractivity contribution in [3.63, 3.8) is 0 Å². The van der Waals surface area contributed by atoms with Gasteiger partial charge in [0, 0.05) is 18.8 Å². The first kappa shape index (κ1) is 15.2. The van der Waals surface area contributed by atoms with Gasteiger partial charge in [-0.15, -0.1) is 0 Å². The van der Waals surface area contributed by atoms with Crippen LogP contribution in [0.1, 0.15) is 36.5 Å². The molecule has 0 saturated carbocycles. The highest BCUT2D eigenvalue weighted by atomic mass is 16.4. The molecule has 21 heavy (non-hydrogen) atoms. The van der Waals surface area contributed by atoms with Crippen molar-refractivity contribution in [1.82, 2.24) is 4.90 Å². The number of nitrogens with zero attached hydrogens (tertiary/aromatic N) is 1. The third kappa shape index (κ3) is 3.87. The van der Waals surface area contributed by atoms with Crippen LogP contribution in [-0.4, -0.2) is 40.2 Å². The van der Waals surface area contributed by atoms with Gasteiger partial charge in [0.15, 0.2) is 0 Å². The monoisotopic (exact) mass is 292 g/mol. The minimum absolute atomic E-state index is 0.225. The summed E-state index contributed by atoms with van der Waals surface area (Å²) in [7, 11) is 0. The van der Waals surface area contributed by atoms with E-state index in [0.717, 1.165) is 19.3 Å². The Balaban J connectivity index is 2.05. The van der Waals surface area contributed by atoms with Gasteiger partial charge in [-0.25, -0.2) is 9.59 Å². The standard InChI is InChI=1S/C15H20N2O4/c1-10-3-2-7-17(8-6-10)15(21)16-11-4-5-13(18)12(9-11)14(19)20/h4-5,9-10,18H,2-3,6-8H2,1H3,(H,16,21)(H,19,20). The van der Waals surface area contributed by atoms with Crippen molar-refractivity contribution in [1.29, 1.82) is 0 Å². The van der Waals surface area contributed by atoms with Crippen molar-refractivity contribution in [3.05, 3.63) is 23.8 Å². The highest BCUT2D eigenvalue weighted by Crippen LogP contribution is 2.22. The van der Waals surface area contributed by atoms with Crippen LogP contribution in [0.5, 0.6) is 5.75 Å². The summed E-state index contributed by atoms with van der Waals surface area (Å²) in [4.78, 5) is 24.9. The van der Waals surface area contributed by atoms with Crippen molar-refractivity contribution < 1.29 is 19.8 Å². The number of likely N-dealkylation sites (tertiary alicyclic amines) is 1. The molecule has 1 fully saturated rings. The van der Waals surface area contributed by atoms with Crippen LogP contribution < -0.4 is 5.32 Å². The van der Waals surface area contributed by atoms with Crippen LogP contribution in [0.4, 0.5) is 10.5 Å². The Hall–Kier alpha value is -2.24. The number of carboxylic acids is 1. The van der Waals surface area contributed by atoms with Crippen LogP contribution in [0.15, 0.2) is 18.2 Å². The normalized spacial score (nSPS) is 18.9. The van der Waals surface area contributed by atoms with Gasteiger partial charge in [-0.2, -0.15) is 0 Å². The smallest absolute Gasteiger partial charge is 0.339 e. The minimum Gasteiger partial charge on any atom is -0.507 e. The molecule has 3 N–H and O–H groups in total. The van der Waals surface area contributed by atoms with Gasteiger partial charge in [-0.1, -0.05) is 6.92 Å². The van der Waals surface area contributed by atoms with E-state index in [0.29, 0.717) is 24.7 Å². The van der Waals surface area contributed by atoms with Gasteiger partial charge in [0.1, 0.15) is 11.3 Å². The van der Waals surface area contributed by atoms with Crippen LogP contribution in [0.3, 0.4) is 0 Å². The van der Waals surface area contributed by atoms with E-state index in [-0.39, 0.29) is 17.3 Å². The summed E-state index contributed by atoms with van der Waals surface area (Å²) in [6.07, 6.45) is 3.07. The van der Waals surface area contributed by atoms with Gasteiger partial charge in [0.25, 0.3) is 0 Å². The lowest BCUT2D eigenvalue weighted by molar-refractivity contribution is 0.0693. The van der Waals surface area contributed by atoms with Crippen molar-refractivity contribution >= 4 is 17.7 Å². The zero-order valence-corrected chi connectivity index (χ0v) is 12.0. The van der Waals surface area contributed by atoms with E-state index < -0.39 is 5.97 Å². The Labute approximate surface area is 123 Å². The molecule has 1 heterocycles. The van der Waals surface area contributed by atoms with Crippen molar-refractivity contribution in [3.8, 4) is 5.75 Å². The summed E-state index contributed by atoms with van der Waals surface area (Å²) >= 11 is 0. The number of hydrogen-bond acceptors (Lipinski definition) is 3. The molecular formula is C15H20N2O4. The van der Waals surface area contributed by atoms with E-state index in [9.17, 15) is 14.7 Å². The zero-order valence-electron chi connectivity index (χ0n) is 12.0. The predicted octanol–water partition coefficient (Wildman–Crippen LogP) is 2.74. The third-order valence-corrected chi connectivity index (χ3v) is 3.78. The second-order valence-corrected chi connectivity index (χ2v) is 5.49. The molecule has 0 spiro atoms. The topological polar surface area (TPSA) is 89.9 Å². The van der Waals surface area contributed by atoms with Crippen molar-refractivity contribution in [2.45, 2.75) is 26.2 Å². The van der Waals surface area contributed by atoms with Gasteiger partial charge in [-0.05, 0) is 43.4 Å². The number of urea groups is 1. The van der Waals surface area contributed by atoms with E-state index in [2.05, 4.69) is 12.2 Å².